The van der Waals surface area contributed by atoms with Gasteiger partial charge in [-0.3, -0.25) is 0 Å². The summed E-state index contributed by atoms with van der Waals surface area (Å²) in [6.45, 7) is 3.96. The Morgan fingerprint density at radius 2 is 1.35 bits per heavy atom. The molecule has 0 spiro atoms. The van der Waals surface area contributed by atoms with Gasteiger partial charge in [-0.2, -0.15) is 4.99 Å². The van der Waals surface area contributed by atoms with Crippen LogP contribution in [0.2, 0.25) is 0 Å². The highest BCUT2D eigenvalue weighted by atomic mass is 35.5. The van der Waals surface area contributed by atoms with Gasteiger partial charge in [0.25, 0.3) is 0 Å². The van der Waals surface area contributed by atoms with Crippen LogP contribution >= 0.6 is 11.6 Å². The first-order valence-corrected chi connectivity index (χ1v) is 6.42. The molecule has 0 aliphatic carbocycles. The predicted molar refractivity (Wildman–Crippen MR) is 85.9 cm³/mol. The first-order valence-electron chi connectivity index (χ1n) is 6.05. The van der Waals surface area contributed by atoms with Crippen molar-refractivity contribution in [3.05, 3.63) is 78.4 Å². The Morgan fingerprint density at radius 3 is 1.85 bits per heavy atom. The third-order valence-corrected chi connectivity index (χ3v) is 2.68. The Labute approximate surface area is 123 Å². The second-order valence-corrected chi connectivity index (χ2v) is 4.44. The highest BCUT2D eigenvalue weighted by Gasteiger charge is 2.04. The number of nitrogens with two attached hydrogens (primary N) is 1. The molecule has 2 aromatic rings. The summed E-state index contributed by atoms with van der Waals surface area (Å²) in [4.78, 5) is 8.49. The third kappa shape index (κ3) is 3.80. The maximum atomic E-state index is 5.67. The molecular formula is C16H14ClN3. The Bertz CT molecular complexity index is 642. The maximum Gasteiger partial charge on any atom is 0.195 e. The molecule has 3 nitrogen and oxygen atoms in total. The molecule has 0 aromatic heterocycles. The van der Waals surface area contributed by atoms with Crippen LogP contribution in [0.15, 0.2) is 77.2 Å². The molecule has 0 saturated carbocycles. The molecule has 100 valence electrons. The van der Waals surface area contributed by atoms with Crippen LogP contribution < -0.4 is 5.73 Å². The molecule has 0 bridgehead atoms. The van der Waals surface area contributed by atoms with E-state index in [1.54, 1.807) is 0 Å². The maximum absolute atomic E-state index is 5.67. The first kappa shape index (κ1) is 14.0. The van der Waals surface area contributed by atoms with E-state index in [0.717, 1.165) is 11.1 Å². The van der Waals surface area contributed by atoms with Crippen LogP contribution in [0, 0.1) is 0 Å². The zero-order valence-electron chi connectivity index (χ0n) is 10.8. The highest BCUT2D eigenvalue weighted by Crippen LogP contribution is 2.15. The van der Waals surface area contributed by atoms with Gasteiger partial charge >= 0.3 is 0 Å². The monoisotopic (exact) mass is 283 g/mol. The van der Waals surface area contributed by atoms with E-state index in [1.807, 2.05) is 60.7 Å². The van der Waals surface area contributed by atoms with E-state index >= 15 is 0 Å². The van der Waals surface area contributed by atoms with Gasteiger partial charge in [-0.15, -0.1) is 0 Å². The van der Waals surface area contributed by atoms with Crippen LogP contribution in [0.4, 0.5) is 0 Å². The topological polar surface area (TPSA) is 50.7 Å². The van der Waals surface area contributed by atoms with Gasteiger partial charge in [0.05, 0.1) is 5.70 Å². The number of aliphatic imine (C=N–C) groups is 2. The van der Waals surface area contributed by atoms with Gasteiger partial charge in [-0.1, -0.05) is 67.2 Å². The molecule has 2 aromatic carbocycles. The molecule has 0 saturated heterocycles. The van der Waals surface area contributed by atoms with Gasteiger partial charge in [0.2, 0.25) is 0 Å². The van der Waals surface area contributed by atoms with Gasteiger partial charge in [0, 0.05) is 5.56 Å². The molecule has 0 unspecified atom stereocenters. The Kier molecular flexibility index (Phi) is 4.69. The number of hydrogen-bond donors (Lipinski definition) is 1. The van der Waals surface area contributed by atoms with Crippen LogP contribution in [0.1, 0.15) is 11.1 Å². The quantitative estimate of drug-likeness (QED) is 0.522. The van der Waals surface area contributed by atoms with E-state index in [9.17, 15) is 0 Å². The van der Waals surface area contributed by atoms with E-state index in [4.69, 9.17) is 17.3 Å². The fourth-order valence-electron chi connectivity index (χ4n) is 1.67. The number of rotatable bonds is 3. The second kappa shape index (κ2) is 6.68. The first-order chi connectivity index (χ1) is 9.66. The molecule has 20 heavy (non-hydrogen) atoms. The van der Waals surface area contributed by atoms with Crippen LogP contribution in [0.3, 0.4) is 0 Å². The second-order valence-electron chi connectivity index (χ2n) is 4.05. The summed E-state index contributed by atoms with van der Waals surface area (Å²) < 4.78 is 0. The molecule has 0 radical (unpaired) electrons. The molecule has 2 N–H and O–H groups in total. The van der Waals surface area contributed by atoms with E-state index in [-0.39, 0.29) is 5.29 Å². The van der Waals surface area contributed by atoms with Crippen molar-refractivity contribution in [2.24, 2.45) is 15.7 Å². The summed E-state index contributed by atoms with van der Waals surface area (Å²) >= 11 is 5.67. The largest absolute Gasteiger partial charge is 0.374 e. The summed E-state index contributed by atoms with van der Waals surface area (Å²) in [6, 6.07) is 19.2. The zero-order chi connectivity index (χ0) is 14.4. The van der Waals surface area contributed by atoms with Crippen molar-refractivity contribution < 1.29 is 0 Å². The van der Waals surface area contributed by atoms with E-state index in [0.29, 0.717) is 11.5 Å². The summed E-state index contributed by atoms with van der Waals surface area (Å²) in [5.41, 5.74) is 7.80. The molecular weight excluding hydrogens is 270 g/mol. The fraction of sp³-hybridized carbons (Fsp3) is 0. The molecule has 0 heterocycles. The highest BCUT2D eigenvalue weighted by molar-refractivity contribution is 6.65. The van der Waals surface area contributed by atoms with Crippen LogP contribution in [0.5, 0.6) is 0 Å². The summed E-state index contributed by atoms with van der Waals surface area (Å²) in [5, 5.41) is -0.0616. The third-order valence-electron chi connectivity index (χ3n) is 2.59. The lowest BCUT2D eigenvalue weighted by Crippen LogP contribution is -2.08. The van der Waals surface area contributed by atoms with Crippen molar-refractivity contribution in [2.75, 3.05) is 0 Å². The summed E-state index contributed by atoms with van der Waals surface area (Å²) in [6.07, 6.45) is 0. The lowest BCUT2D eigenvalue weighted by Gasteiger charge is -2.04. The van der Waals surface area contributed by atoms with Crippen molar-refractivity contribution in [1.29, 1.82) is 0 Å². The van der Waals surface area contributed by atoms with Crippen LogP contribution in [0.25, 0.3) is 5.70 Å². The van der Waals surface area contributed by atoms with Gasteiger partial charge in [0.1, 0.15) is 0 Å². The van der Waals surface area contributed by atoms with Crippen molar-refractivity contribution in [2.45, 2.75) is 0 Å². The number of halogens is 1. The number of hydrogen-bond acceptors (Lipinski definition) is 1. The van der Waals surface area contributed by atoms with Gasteiger partial charge in [0.15, 0.2) is 11.1 Å². The van der Waals surface area contributed by atoms with Crippen molar-refractivity contribution >= 4 is 28.4 Å². The Morgan fingerprint density at radius 1 is 0.850 bits per heavy atom. The minimum atomic E-state index is -0.0616. The van der Waals surface area contributed by atoms with Crippen molar-refractivity contribution in [3.8, 4) is 0 Å². The standard InChI is InChI=1S/C16H14ClN3/c1-12(13-8-4-2-5-9-13)19-15(20-16(17)18)14-10-6-3-7-11-14/h2-11H,1H2,(H2,18,19,20). The van der Waals surface area contributed by atoms with E-state index < -0.39 is 0 Å². The SMILES string of the molecule is C=C(/N=C(\N=C(/N)Cl)c1ccccc1)c1ccccc1. The molecule has 0 aliphatic rings. The van der Waals surface area contributed by atoms with Gasteiger partial charge < -0.3 is 5.73 Å². The average Bonchev–Trinajstić information content (AvgIpc) is 2.48. The van der Waals surface area contributed by atoms with E-state index in [2.05, 4.69) is 16.6 Å². The zero-order valence-corrected chi connectivity index (χ0v) is 11.6. The molecule has 0 aliphatic heterocycles. The van der Waals surface area contributed by atoms with Gasteiger partial charge in [-0.25, -0.2) is 4.99 Å². The number of benzene rings is 2. The normalized spacial score (nSPS) is 12.2. The molecule has 0 amide bonds. The molecule has 0 fully saturated rings. The Hall–Kier alpha value is -2.39. The molecule has 4 heteroatoms. The van der Waals surface area contributed by atoms with Gasteiger partial charge in [-0.05, 0) is 17.2 Å². The predicted octanol–water partition coefficient (Wildman–Crippen LogP) is 3.66. The van der Waals surface area contributed by atoms with Crippen LogP contribution in [-0.2, 0) is 0 Å². The van der Waals surface area contributed by atoms with Crippen LogP contribution in [-0.4, -0.2) is 11.1 Å². The minimum Gasteiger partial charge on any atom is -0.374 e. The Balaban J connectivity index is 2.40. The van der Waals surface area contributed by atoms with Crippen molar-refractivity contribution in [3.63, 3.8) is 0 Å². The summed E-state index contributed by atoms with van der Waals surface area (Å²) in [7, 11) is 0. The minimum absolute atomic E-state index is 0.0616. The average molecular weight is 284 g/mol. The lowest BCUT2D eigenvalue weighted by molar-refractivity contribution is 1.45. The molecule has 0 atom stereocenters. The van der Waals surface area contributed by atoms with E-state index in [1.165, 1.54) is 0 Å². The molecule has 2 rings (SSSR count). The number of amidine groups is 2. The van der Waals surface area contributed by atoms with Crippen molar-refractivity contribution in [1.82, 2.24) is 0 Å². The lowest BCUT2D eigenvalue weighted by atomic mass is 10.1. The summed E-state index contributed by atoms with van der Waals surface area (Å²) in [5.74, 6) is 0.437. The fourth-order valence-corrected chi connectivity index (χ4v) is 1.75. The number of nitrogens with zero attached hydrogens (tertiary/aromatic N) is 2. The smallest absolute Gasteiger partial charge is 0.195 e.